The molecule has 0 unspecified atom stereocenters. The third-order valence-corrected chi connectivity index (χ3v) is 5.98. The molecular formula is C24H26N4O5S. The number of nitrogens with one attached hydrogen (secondary N) is 1. The van der Waals surface area contributed by atoms with Gasteiger partial charge in [0.25, 0.3) is 0 Å². The van der Waals surface area contributed by atoms with Crippen LogP contribution in [-0.4, -0.2) is 56.5 Å². The monoisotopic (exact) mass is 482 g/mol. The Hall–Kier alpha value is -3.50. The van der Waals surface area contributed by atoms with Crippen LogP contribution in [0.5, 0.6) is 5.75 Å². The van der Waals surface area contributed by atoms with Gasteiger partial charge in [0.1, 0.15) is 11.6 Å². The first-order chi connectivity index (χ1) is 16.3. The molecule has 1 saturated heterocycles. The first-order valence-corrected chi connectivity index (χ1v) is 12.9. The Morgan fingerprint density at radius 3 is 2.68 bits per heavy atom. The minimum absolute atomic E-state index is 0.0864. The summed E-state index contributed by atoms with van der Waals surface area (Å²) >= 11 is 0. The van der Waals surface area contributed by atoms with Crippen LogP contribution in [0.3, 0.4) is 0 Å². The van der Waals surface area contributed by atoms with Crippen molar-refractivity contribution >= 4 is 27.4 Å². The van der Waals surface area contributed by atoms with Crippen molar-refractivity contribution < 1.29 is 22.7 Å². The summed E-state index contributed by atoms with van der Waals surface area (Å²) in [4.78, 5) is 23.6. The van der Waals surface area contributed by atoms with Crippen molar-refractivity contribution in [2.24, 2.45) is 0 Å². The van der Waals surface area contributed by atoms with E-state index < -0.39 is 15.9 Å². The van der Waals surface area contributed by atoms with E-state index in [1.807, 2.05) is 13.0 Å². The van der Waals surface area contributed by atoms with Crippen LogP contribution < -0.4 is 15.0 Å². The predicted octanol–water partition coefficient (Wildman–Crippen LogP) is 3.52. The number of nitrogens with zero attached hydrogens (tertiary/aromatic N) is 3. The van der Waals surface area contributed by atoms with E-state index in [9.17, 15) is 13.2 Å². The zero-order valence-electron chi connectivity index (χ0n) is 19.0. The second-order valence-electron chi connectivity index (χ2n) is 8.14. The van der Waals surface area contributed by atoms with Crippen molar-refractivity contribution in [1.29, 1.82) is 0 Å². The Morgan fingerprint density at radius 2 is 1.94 bits per heavy atom. The molecule has 1 aliphatic rings. The van der Waals surface area contributed by atoms with Gasteiger partial charge in [-0.05, 0) is 31.2 Å². The molecule has 0 saturated carbocycles. The minimum atomic E-state index is -3.30. The van der Waals surface area contributed by atoms with Gasteiger partial charge >= 0.3 is 6.09 Å². The molecule has 2 heterocycles. The summed E-state index contributed by atoms with van der Waals surface area (Å²) in [6.45, 7) is 3.79. The molecule has 10 heteroatoms. The highest BCUT2D eigenvalue weighted by molar-refractivity contribution is 7.89. The van der Waals surface area contributed by atoms with Gasteiger partial charge in [0, 0.05) is 30.1 Å². The molecule has 4 rings (SSSR count). The third kappa shape index (κ3) is 6.30. The normalized spacial score (nSPS) is 16.2. The van der Waals surface area contributed by atoms with Gasteiger partial charge in [-0.1, -0.05) is 30.3 Å². The van der Waals surface area contributed by atoms with E-state index >= 15 is 0 Å². The van der Waals surface area contributed by atoms with E-state index in [1.165, 1.54) is 6.26 Å². The van der Waals surface area contributed by atoms with Crippen LogP contribution in [0.25, 0.3) is 11.4 Å². The molecule has 0 aliphatic carbocycles. The maximum absolute atomic E-state index is 12.3. The van der Waals surface area contributed by atoms with Crippen LogP contribution in [0.1, 0.15) is 12.6 Å². The molecule has 2 aromatic carbocycles. The van der Waals surface area contributed by atoms with Crippen LogP contribution >= 0.6 is 0 Å². The number of carbonyl (C=O) groups excluding carboxylic acids is 1. The molecule has 3 aromatic rings. The SMILES string of the molecule is C[C@H]1COCCN1c1cc(CS(C)(=O)=O)nc(-c2cccc(NC(=O)Oc3ccccc3)c2)n1. The summed E-state index contributed by atoms with van der Waals surface area (Å²) in [7, 11) is -3.30. The average Bonchev–Trinajstić information content (AvgIpc) is 2.79. The number of aromatic nitrogens is 2. The zero-order chi connectivity index (χ0) is 24.1. The number of amides is 1. The topological polar surface area (TPSA) is 111 Å². The highest BCUT2D eigenvalue weighted by Gasteiger charge is 2.22. The standard InChI is InChI=1S/C24H26N4O5S/c1-17-15-32-12-11-28(17)22-14-20(16-34(2,30)31)25-23(27-22)18-7-6-8-19(13-18)26-24(29)33-21-9-4-3-5-10-21/h3-10,13-14,17H,11-12,15-16H2,1-2H3,(H,26,29)/t17-/m0/s1. The smallest absolute Gasteiger partial charge is 0.410 e. The fourth-order valence-corrected chi connectivity index (χ4v) is 4.33. The number of anilines is 2. The van der Waals surface area contributed by atoms with Gasteiger partial charge in [0.15, 0.2) is 15.7 Å². The summed E-state index contributed by atoms with van der Waals surface area (Å²) in [6, 6.07) is 17.6. The van der Waals surface area contributed by atoms with Gasteiger partial charge in [-0.25, -0.2) is 23.2 Å². The molecule has 34 heavy (non-hydrogen) atoms. The number of hydrogen-bond acceptors (Lipinski definition) is 8. The van der Waals surface area contributed by atoms with Gasteiger partial charge in [0.05, 0.1) is 30.7 Å². The Bertz CT molecular complexity index is 1270. The first kappa shape index (κ1) is 23.7. The Balaban J connectivity index is 1.62. The number of rotatable bonds is 6. The molecule has 9 nitrogen and oxygen atoms in total. The van der Waals surface area contributed by atoms with E-state index in [4.69, 9.17) is 14.5 Å². The van der Waals surface area contributed by atoms with Crippen molar-refractivity contribution in [2.75, 3.05) is 36.2 Å². The van der Waals surface area contributed by atoms with Gasteiger partial charge in [0.2, 0.25) is 0 Å². The maximum atomic E-state index is 12.3. The molecule has 0 radical (unpaired) electrons. The van der Waals surface area contributed by atoms with Crippen LogP contribution in [0, 0.1) is 0 Å². The quantitative estimate of drug-likeness (QED) is 0.568. The van der Waals surface area contributed by atoms with Crippen molar-refractivity contribution in [3.05, 3.63) is 66.4 Å². The van der Waals surface area contributed by atoms with Crippen molar-refractivity contribution in [2.45, 2.75) is 18.7 Å². The number of benzene rings is 2. The fraction of sp³-hybridized carbons (Fsp3) is 0.292. The molecule has 1 atom stereocenters. The molecule has 0 spiro atoms. The largest absolute Gasteiger partial charge is 0.417 e. The van der Waals surface area contributed by atoms with Gasteiger partial charge < -0.3 is 14.4 Å². The van der Waals surface area contributed by atoms with Crippen LogP contribution in [-0.2, 0) is 20.3 Å². The molecular weight excluding hydrogens is 456 g/mol. The summed E-state index contributed by atoms with van der Waals surface area (Å²) in [5.41, 5.74) is 1.54. The van der Waals surface area contributed by atoms with Gasteiger partial charge in [-0.15, -0.1) is 0 Å². The fourth-order valence-electron chi connectivity index (χ4n) is 3.64. The highest BCUT2D eigenvalue weighted by Crippen LogP contribution is 2.26. The van der Waals surface area contributed by atoms with E-state index in [2.05, 4.69) is 15.2 Å². The van der Waals surface area contributed by atoms with Crippen molar-refractivity contribution in [3.8, 4) is 17.1 Å². The van der Waals surface area contributed by atoms with E-state index in [0.717, 1.165) is 0 Å². The highest BCUT2D eigenvalue weighted by atomic mass is 32.2. The minimum Gasteiger partial charge on any atom is -0.410 e. The molecule has 1 amide bonds. The summed E-state index contributed by atoms with van der Waals surface area (Å²) in [6.07, 6.45) is 0.548. The molecule has 1 aromatic heterocycles. The third-order valence-electron chi connectivity index (χ3n) is 5.16. The van der Waals surface area contributed by atoms with Crippen molar-refractivity contribution in [3.63, 3.8) is 0 Å². The number of hydrogen-bond donors (Lipinski definition) is 1. The average molecular weight is 483 g/mol. The Labute approximate surface area is 198 Å². The summed E-state index contributed by atoms with van der Waals surface area (Å²) < 4.78 is 34.7. The van der Waals surface area contributed by atoms with E-state index in [1.54, 1.807) is 54.6 Å². The molecule has 1 N–H and O–H groups in total. The molecule has 178 valence electrons. The van der Waals surface area contributed by atoms with Crippen molar-refractivity contribution in [1.82, 2.24) is 9.97 Å². The van der Waals surface area contributed by atoms with Crippen LogP contribution in [0.4, 0.5) is 16.3 Å². The number of carbonyl (C=O) groups is 1. The lowest BCUT2D eigenvalue weighted by Gasteiger charge is -2.34. The summed E-state index contributed by atoms with van der Waals surface area (Å²) in [5.74, 6) is 1.24. The summed E-state index contributed by atoms with van der Waals surface area (Å²) in [5, 5.41) is 2.70. The number of morpholine rings is 1. The second-order valence-corrected chi connectivity index (χ2v) is 10.3. The lowest BCUT2D eigenvalue weighted by atomic mass is 10.1. The predicted molar refractivity (Wildman–Crippen MR) is 130 cm³/mol. The zero-order valence-corrected chi connectivity index (χ0v) is 19.8. The first-order valence-electron chi connectivity index (χ1n) is 10.8. The molecule has 0 bridgehead atoms. The number of para-hydroxylation sites is 1. The van der Waals surface area contributed by atoms with Gasteiger partial charge in [-0.2, -0.15) is 0 Å². The lowest BCUT2D eigenvalue weighted by molar-refractivity contribution is 0.0985. The van der Waals surface area contributed by atoms with Crippen LogP contribution in [0.15, 0.2) is 60.7 Å². The number of sulfone groups is 1. The van der Waals surface area contributed by atoms with Crippen LogP contribution in [0.2, 0.25) is 0 Å². The van der Waals surface area contributed by atoms with E-state index in [0.29, 0.717) is 54.1 Å². The lowest BCUT2D eigenvalue weighted by Crippen LogP contribution is -2.44. The Kier molecular flexibility index (Phi) is 7.09. The number of ether oxygens (including phenoxy) is 2. The van der Waals surface area contributed by atoms with Gasteiger partial charge in [-0.3, -0.25) is 5.32 Å². The molecule has 1 fully saturated rings. The van der Waals surface area contributed by atoms with E-state index in [-0.39, 0.29) is 11.8 Å². The Morgan fingerprint density at radius 1 is 1.15 bits per heavy atom. The second kappa shape index (κ2) is 10.2. The maximum Gasteiger partial charge on any atom is 0.417 e. The molecule has 1 aliphatic heterocycles.